The summed E-state index contributed by atoms with van der Waals surface area (Å²) in [4.78, 5) is 18.7. The van der Waals surface area contributed by atoms with Gasteiger partial charge >= 0.3 is 0 Å². The van der Waals surface area contributed by atoms with Crippen LogP contribution in [0.4, 0.5) is 4.39 Å². The molecule has 2 heterocycles. The maximum atomic E-state index is 13.9. The summed E-state index contributed by atoms with van der Waals surface area (Å²) in [6.07, 6.45) is 4.65. The summed E-state index contributed by atoms with van der Waals surface area (Å²) >= 11 is 0. The van der Waals surface area contributed by atoms with Crippen molar-refractivity contribution in [1.82, 2.24) is 15.2 Å². The molecule has 1 fully saturated rings. The number of pyridine rings is 1. The van der Waals surface area contributed by atoms with Crippen molar-refractivity contribution in [2.24, 2.45) is 5.92 Å². The van der Waals surface area contributed by atoms with E-state index in [1.165, 1.54) is 6.07 Å². The average molecular weight is 327 g/mol. The molecule has 1 saturated heterocycles. The number of carbonyl (C=O) groups is 1. The third-order valence-corrected chi connectivity index (χ3v) is 4.39. The average Bonchev–Trinajstić information content (AvgIpc) is 3.10. The summed E-state index contributed by atoms with van der Waals surface area (Å²) in [6, 6.07) is 10.3. The Kier molecular flexibility index (Phi) is 5.54. The molecule has 1 aliphatic heterocycles. The smallest absolute Gasteiger partial charge is 0.227 e. The molecular weight excluding hydrogens is 305 g/mol. The molecule has 0 spiro atoms. The number of carbonyl (C=O) groups excluding carboxylic acids is 1. The van der Waals surface area contributed by atoms with Gasteiger partial charge in [0.2, 0.25) is 5.91 Å². The number of rotatable bonds is 6. The number of amides is 1. The minimum absolute atomic E-state index is 0.0455. The van der Waals surface area contributed by atoms with Crippen molar-refractivity contribution >= 4 is 5.91 Å². The zero-order valence-electron chi connectivity index (χ0n) is 13.6. The monoisotopic (exact) mass is 327 g/mol. The van der Waals surface area contributed by atoms with Crippen LogP contribution in [0.25, 0.3) is 0 Å². The first kappa shape index (κ1) is 16.6. The lowest BCUT2D eigenvalue weighted by Crippen LogP contribution is -2.36. The van der Waals surface area contributed by atoms with Gasteiger partial charge in [0.05, 0.1) is 6.42 Å². The lowest BCUT2D eigenvalue weighted by molar-refractivity contribution is -0.131. The Balaban J connectivity index is 1.72. The van der Waals surface area contributed by atoms with E-state index in [4.69, 9.17) is 0 Å². The Morgan fingerprint density at radius 1 is 1.29 bits per heavy atom. The molecule has 1 aromatic heterocycles. The van der Waals surface area contributed by atoms with Gasteiger partial charge in [-0.3, -0.25) is 9.78 Å². The minimum atomic E-state index is -0.324. The van der Waals surface area contributed by atoms with Gasteiger partial charge in [-0.25, -0.2) is 4.39 Å². The van der Waals surface area contributed by atoms with Crippen LogP contribution in [0.2, 0.25) is 0 Å². The Morgan fingerprint density at radius 2 is 2.17 bits per heavy atom. The first-order valence-electron chi connectivity index (χ1n) is 8.33. The fraction of sp³-hybridized carbons (Fsp3) is 0.368. The molecule has 1 N–H and O–H groups in total. The zero-order chi connectivity index (χ0) is 16.8. The summed E-state index contributed by atoms with van der Waals surface area (Å²) in [5, 5.41) is 3.33. The second-order valence-corrected chi connectivity index (χ2v) is 6.26. The van der Waals surface area contributed by atoms with Crippen molar-refractivity contribution < 1.29 is 9.18 Å². The van der Waals surface area contributed by atoms with Gasteiger partial charge in [0.25, 0.3) is 0 Å². The molecule has 5 heteroatoms. The second-order valence-electron chi connectivity index (χ2n) is 6.26. The minimum Gasteiger partial charge on any atom is -0.338 e. The highest BCUT2D eigenvalue weighted by molar-refractivity contribution is 5.78. The van der Waals surface area contributed by atoms with Crippen LogP contribution in [0.3, 0.4) is 0 Å². The molecule has 24 heavy (non-hydrogen) atoms. The van der Waals surface area contributed by atoms with Crippen LogP contribution in [-0.2, 0) is 17.8 Å². The number of hydrogen-bond donors (Lipinski definition) is 1. The van der Waals surface area contributed by atoms with Crippen molar-refractivity contribution in [1.29, 1.82) is 0 Å². The molecule has 3 rings (SSSR count). The zero-order valence-corrected chi connectivity index (χ0v) is 13.6. The molecule has 0 bridgehead atoms. The first-order valence-corrected chi connectivity index (χ1v) is 8.33. The standard InChI is InChI=1S/C19H22FN3O/c20-18-6-2-1-5-17(18)10-19(24)23(14-16-7-9-22-12-16)13-15-4-3-8-21-11-15/h1-6,8,11,16,22H,7,9-10,12-14H2/t16-/m0/s1. The van der Waals surface area contributed by atoms with Gasteiger partial charge in [0.15, 0.2) is 0 Å². The van der Waals surface area contributed by atoms with Crippen LogP contribution < -0.4 is 5.32 Å². The van der Waals surface area contributed by atoms with Gasteiger partial charge in [0, 0.05) is 25.5 Å². The summed E-state index contributed by atoms with van der Waals surface area (Å²) in [5.74, 6) is 0.0804. The lowest BCUT2D eigenvalue weighted by Gasteiger charge is -2.26. The van der Waals surface area contributed by atoms with Gasteiger partial charge in [-0.2, -0.15) is 0 Å². The Bertz CT molecular complexity index is 671. The third kappa shape index (κ3) is 4.38. The topological polar surface area (TPSA) is 45.2 Å². The first-order chi connectivity index (χ1) is 11.7. The van der Waals surface area contributed by atoms with Crippen molar-refractivity contribution in [3.8, 4) is 0 Å². The molecule has 126 valence electrons. The summed E-state index contributed by atoms with van der Waals surface area (Å²) in [7, 11) is 0. The Morgan fingerprint density at radius 3 is 2.88 bits per heavy atom. The summed E-state index contributed by atoms with van der Waals surface area (Å²) in [5.41, 5.74) is 1.44. The van der Waals surface area contributed by atoms with Crippen molar-refractivity contribution in [3.63, 3.8) is 0 Å². The van der Waals surface area contributed by atoms with Crippen LogP contribution in [0, 0.1) is 11.7 Å². The predicted octanol–water partition coefficient (Wildman–Crippen LogP) is 2.40. The highest BCUT2D eigenvalue weighted by Crippen LogP contribution is 2.15. The van der Waals surface area contributed by atoms with E-state index < -0.39 is 0 Å². The van der Waals surface area contributed by atoms with E-state index in [9.17, 15) is 9.18 Å². The molecule has 0 saturated carbocycles. The van der Waals surface area contributed by atoms with E-state index in [0.29, 0.717) is 24.6 Å². The molecular formula is C19H22FN3O. The largest absolute Gasteiger partial charge is 0.338 e. The fourth-order valence-corrected chi connectivity index (χ4v) is 3.07. The highest BCUT2D eigenvalue weighted by atomic mass is 19.1. The van der Waals surface area contributed by atoms with E-state index in [2.05, 4.69) is 10.3 Å². The van der Waals surface area contributed by atoms with Crippen molar-refractivity contribution in [2.75, 3.05) is 19.6 Å². The molecule has 4 nitrogen and oxygen atoms in total. The third-order valence-electron chi connectivity index (χ3n) is 4.39. The number of benzene rings is 1. The van der Waals surface area contributed by atoms with Crippen LogP contribution in [0.15, 0.2) is 48.8 Å². The summed E-state index contributed by atoms with van der Waals surface area (Å²) < 4.78 is 13.9. The second kappa shape index (κ2) is 8.02. The van der Waals surface area contributed by atoms with Crippen LogP contribution in [-0.4, -0.2) is 35.4 Å². The maximum Gasteiger partial charge on any atom is 0.227 e. The molecule has 1 amide bonds. The molecule has 0 radical (unpaired) electrons. The Hall–Kier alpha value is -2.27. The van der Waals surface area contributed by atoms with Crippen LogP contribution in [0.5, 0.6) is 0 Å². The number of halogens is 1. The molecule has 1 aromatic carbocycles. The number of nitrogens with one attached hydrogen (secondary N) is 1. The van der Waals surface area contributed by atoms with E-state index in [1.807, 2.05) is 17.0 Å². The van der Waals surface area contributed by atoms with E-state index in [1.54, 1.807) is 30.6 Å². The van der Waals surface area contributed by atoms with Gasteiger partial charge in [-0.1, -0.05) is 24.3 Å². The summed E-state index contributed by atoms with van der Waals surface area (Å²) in [6.45, 7) is 3.12. The Labute approximate surface area is 141 Å². The number of nitrogens with zero attached hydrogens (tertiary/aromatic N) is 2. The quantitative estimate of drug-likeness (QED) is 0.886. The molecule has 2 aromatic rings. The number of hydrogen-bond acceptors (Lipinski definition) is 3. The van der Waals surface area contributed by atoms with Gasteiger partial charge < -0.3 is 10.2 Å². The van der Waals surface area contributed by atoms with Gasteiger partial charge in [-0.15, -0.1) is 0 Å². The van der Waals surface area contributed by atoms with Crippen molar-refractivity contribution in [3.05, 3.63) is 65.7 Å². The molecule has 0 unspecified atom stereocenters. The molecule has 1 aliphatic rings. The fourth-order valence-electron chi connectivity index (χ4n) is 3.07. The van der Waals surface area contributed by atoms with Crippen LogP contribution in [0.1, 0.15) is 17.5 Å². The van der Waals surface area contributed by atoms with Crippen LogP contribution >= 0.6 is 0 Å². The van der Waals surface area contributed by atoms with E-state index in [0.717, 1.165) is 25.1 Å². The van der Waals surface area contributed by atoms with Crippen molar-refractivity contribution in [2.45, 2.75) is 19.4 Å². The van der Waals surface area contributed by atoms with Gasteiger partial charge in [0.1, 0.15) is 5.82 Å². The highest BCUT2D eigenvalue weighted by Gasteiger charge is 2.22. The molecule has 0 aliphatic carbocycles. The van der Waals surface area contributed by atoms with E-state index in [-0.39, 0.29) is 18.1 Å². The van der Waals surface area contributed by atoms with Gasteiger partial charge in [-0.05, 0) is 48.7 Å². The number of aromatic nitrogens is 1. The molecule has 1 atom stereocenters. The SMILES string of the molecule is O=C(Cc1ccccc1F)N(Cc1cccnc1)C[C@H]1CCNC1. The predicted molar refractivity (Wildman–Crippen MR) is 90.7 cm³/mol. The maximum absolute atomic E-state index is 13.9. The normalized spacial score (nSPS) is 17.0. The lowest BCUT2D eigenvalue weighted by atomic mass is 10.1. The van der Waals surface area contributed by atoms with E-state index >= 15 is 0 Å².